The molecule has 0 saturated carbocycles. The quantitative estimate of drug-likeness (QED) is 0.475. The first kappa shape index (κ1) is 8.09. The molecule has 0 aromatic heterocycles. The highest BCUT2D eigenvalue weighted by molar-refractivity contribution is 5.90. The maximum Gasteiger partial charge on any atom is 0.267 e. The zero-order valence-electron chi connectivity index (χ0n) is 6.66. The van der Waals surface area contributed by atoms with Crippen molar-refractivity contribution in [3.8, 4) is 12.3 Å². The summed E-state index contributed by atoms with van der Waals surface area (Å²) in [4.78, 5) is 12.7. The van der Waals surface area contributed by atoms with Crippen molar-refractivity contribution in [1.29, 1.82) is 0 Å². The summed E-state index contributed by atoms with van der Waals surface area (Å²) in [5.41, 5.74) is -1.56. The number of terminal acetylenes is 1. The minimum absolute atomic E-state index is 0.176. The first-order chi connectivity index (χ1) is 5.02. The number of hydrogen-bond donors (Lipinski definition) is 1. The van der Waals surface area contributed by atoms with E-state index in [9.17, 15) is 9.90 Å². The Labute approximate surface area is 66.0 Å². The van der Waals surface area contributed by atoms with Crippen LogP contribution in [-0.2, 0) is 4.79 Å². The smallest absolute Gasteiger partial charge is 0.267 e. The Morgan fingerprint density at radius 3 is 2.64 bits per heavy atom. The van der Waals surface area contributed by atoms with Gasteiger partial charge < -0.3 is 10.0 Å². The first-order valence-corrected chi connectivity index (χ1v) is 3.48. The lowest BCUT2D eigenvalue weighted by molar-refractivity contribution is -0.138. The van der Waals surface area contributed by atoms with Gasteiger partial charge in [-0.05, 0) is 0 Å². The predicted octanol–water partition coefficient (Wildman–Crippen LogP) is -0.541. The third-order valence-electron chi connectivity index (χ3n) is 2.15. The number of carbonyl (C=O) groups excluding carboxylic acids is 1. The normalized spacial score (nSPS) is 37.5. The molecule has 0 aromatic carbocycles. The third kappa shape index (κ3) is 0.908. The van der Waals surface area contributed by atoms with Gasteiger partial charge in [0.1, 0.15) is 0 Å². The molecule has 1 heterocycles. The number of carbonyl (C=O) groups is 1. The summed E-state index contributed by atoms with van der Waals surface area (Å²) in [6.45, 7) is 2.29. The van der Waals surface area contributed by atoms with E-state index < -0.39 is 5.60 Å². The van der Waals surface area contributed by atoms with Gasteiger partial charge in [-0.3, -0.25) is 4.79 Å². The molecule has 0 spiro atoms. The van der Waals surface area contributed by atoms with Gasteiger partial charge in [0.25, 0.3) is 5.91 Å². The van der Waals surface area contributed by atoms with Gasteiger partial charge in [-0.2, -0.15) is 0 Å². The highest BCUT2D eigenvalue weighted by Crippen LogP contribution is 2.26. The van der Waals surface area contributed by atoms with Crippen LogP contribution < -0.4 is 0 Å². The fourth-order valence-corrected chi connectivity index (χ4v) is 1.33. The van der Waals surface area contributed by atoms with Crippen molar-refractivity contribution in [3.63, 3.8) is 0 Å². The highest BCUT2D eigenvalue weighted by Gasteiger charge is 2.48. The average molecular weight is 153 g/mol. The second-order valence-corrected chi connectivity index (χ2v) is 3.00. The lowest BCUT2D eigenvalue weighted by Crippen LogP contribution is -2.40. The van der Waals surface area contributed by atoms with Gasteiger partial charge in [-0.15, -0.1) is 6.42 Å². The van der Waals surface area contributed by atoms with E-state index in [0.717, 1.165) is 0 Å². The van der Waals surface area contributed by atoms with E-state index in [0.29, 0.717) is 6.54 Å². The number of rotatable bonds is 0. The van der Waals surface area contributed by atoms with Crippen LogP contribution in [0.25, 0.3) is 0 Å². The van der Waals surface area contributed by atoms with Gasteiger partial charge in [0.05, 0.1) is 0 Å². The van der Waals surface area contributed by atoms with Crippen molar-refractivity contribution in [3.05, 3.63) is 0 Å². The first-order valence-electron chi connectivity index (χ1n) is 3.48. The Bertz CT molecular complexity index is 231. The van der Waals surface area contributed by atoms with Crippen LogP contribution in [0.1, 0.15) is 6.92 Å². The Hall–Kier alpha value is -1.01. The number of aliphatic hydroxyl groups is 1. The van der Waals surface area contributed by atoms with E-state index in [1.54, 1.807) is 14.0 Å². The molecule has 0 aromatic rings. The predicted molar refractivity (Wildman–Crippen MR) is 40.6 cm³/mol. The van der Waals surface area contributed by atoms with Crippen molar-refractivity contribution < 1.29 is 9.90 Å². The number of amides is 1. The lowest BCUT2D eigenvalue weighted by atomic mass is 9.93. The summed E-state index contributed by atoms with van der Waals surface area (Å²) < 4.78 is 0. The van der Waals surface area contributed by atoms with Crippen molar-refractivity contribution in [2.75, 3.05) is 13.6 Å². The van der Waals surface area contributed by atoms with Gasteiger partial charge >= 0.3 is 0 Å². The second-order valence-electron chi connectivity index (χ2n) is 3.00. The van der Waals surface area contributed by atoms with Crippen LogP contribution in [-0.4, -0.2) is 35.1 Å². The Morgan fingerprint density at radius 1 is 1.91 bits per heavy atom. The van der Waals surface area contributed by atoms with E-state index in [1.165, 1.54) is 4.90 Å². The molecule has 0 bridgehead atoms. The molecular weight excluding hydrogens is 142 g/mol. The van der Waals surface area contributed by atoms with Crippen molar-refractivity contribution in [2.24, 2.45) is 5.92 Å². The second kappa shape index (κ2) is 2.24. The van der Waals surface area contributed by atoms with Gasteiger partial charge in [0, 0.05) is 19.5 Å². The van der Waals surface area contributed by atoms with E-state index in [2.05, 4.69) is 5.92 Å². The zero-order valence-corrected chi connectivity index (χ0v) is 6.66. The number of likely N-dealkylation sites (tertiary alicyclic amines) is 1. The Kier molecular flexibility index (Phi) is 1.65. The third-order valence-corrected chi connectivity index (χ3v) is 2.15. The number of nitrogens with zero attached hydrogens (tertiary/aromatic N) is 1. The van der Waals surface area contributed by atoms with E-state index in [4.69, 9.17) is 6.42 Å². The molecule has 60 valence electrons. The fraction of sp³-hybridized carbons (Fsp3) is 0.625. The zero-order chi connectivity index (χ0) is 8.65. The molecule has 1 N–H and O–H groups in total. The molecule has 3 heteroatoms. The molecule has 2 atom stereocenters. The topological polar surface area (TPSA) is 40.5 Å². The standard InChI is InChI=1S/C8H11NO2/c1-4-8(11)6(2)5-9(3)7(8)10/h1,6,11H,5H2,2-3H3/t6-,8+/m1/s1. The minimum atomic E-state index is -1.56. The fourth-order valence-electron chi connectivity index (χ4n) is 1.33. The van der Waals surface area contributed by atoms with Crippen LogP contribution in [0.5, 0.6) is 0 Å². The van der Waals surface area contributed by atoms with Crippen LogP contribution in [0, 0.1) is 18.3 Å². The largest absolute Gasteiger partial charge is 0.369 e. The van der Waals surface area contributed by atoms with Gasteiger partial charge in [-0.25, -0.2) is 0 Å². The number of hydrogen-bond acceptors (Lipinski definition) is 2. The minimum Gasteiger partial charge on any atom is -0.369 e. The molecule has 1 aliphatic rings. The molecule has 1 fully saturated rings. The van der Waals surface area contributed by atoms with E-state index >= 15 is 0 Å². The summed E-state index contributed by atoms with van der Waals surface area (Å²) in [7, 11) is 1.63. The van der Waals surface area contributed by atoms with Crippen LogP contribution in [0.15, 0.2) is 0 Å². The molecule has 0 aliphatic carbocycles. The van der Waals surface area contributed by atoms with E-state index in [1.807, 2.05) is 0 Å². The maximum atomic E-state index is 11.2. The summed E-state index contributed by atoms with van der Waals surface area (Å²) in [5.74, 6) is 1.59. The SMILES string of the molecule is C#C[C@@]1(O)C(=O)N(C)C[C@H]1C. The molecule has 1 aliphatic heterocycles. The Morgan fingerprint density at radius 2 is 2.45 bits per heavy atom. The van der Waals surface area contributed by atoms with Crippen molar-refractivity contribution in [2.45, 2.75) is 12.5 Å². The molecular formula is C8H11NO2. The monoisotopic (exact) mass is 153 g/mol. The van der Waals surface area contributed by atoms with Gasteiger partial charge in [-0.1, -0.05) is 12.8 Å². The lowest BCUT2D eigenvalue weighted by Gasteiger charge is -2.16. The molecule has 0 radical (unpaired) electrons. The van der Waals surface area contributed by atoms with Crippen LogP contribution in [0.4, 0.5) is 0 Å². The number of likely N-dealkylation sites (N-methyl/N-ethyl adjacent to an activating group) is 1. The summed E-state index contributed by atoms with van der Waals surface area (Å²) in [6.07, 6.45) is 5.06. The van der Waals surface area contributed by atoms with Crippen LogP contribution in [0.2, 0.25) is 0 Å². The van der Waals surface area contributed by atoms with E-state index in [-0.39, 0.29) is 11.8 Å². The highest BCUT2D eigenvalue weighted by atomic mass is 16.3. The van der Waals surface area contributed by atoms with Crippen LogP contribution >= 0.6 is 0 Å². The molecule has 1 saturated heterocycles. The Balaban J connectivity index is 2.99. The molecule has 1 amide bonds. The van der Waals surface area contributed by atoms with Crippen molar-refractivity contribution in [1.82, 2.24) is 4.90 Å². The molecule has 1 rings (SSSR count). The molecule has 3 nitrogen and oxygen atoms in total. The van der Waals surface area contributed by atoms with Gasteiger partial charge in [0.15, 0.2) is 0 Å². The molecule has 11 heavy (non-hydrogen) atoms. The summed E-state index contributed by atoms with van der Waals surface area (Å²) in [5, 5.41) is 9.58. The average Bonchev–Trinajstić information content (AvgIpc) is 2.16. The summed E-state index contributed by atoms with van der Waals surface area (Å²) in [6, 6.07) is 0. The summed E-state index contributed by atoms with van der Waals surface area (Å²) >= 11 is 0. The maximum absolute atomic E-state index is 11.2. The van der Waals surface area contributed by atoms with Crippen molar-refractivity contribution >= 4 is 5.91 Å². The molecule has 0 unspecified atom stereocenters. The van der Waals surface area contributed by atoms with Gasteiger partial charge in [0.2, 0.25) is 5.60 Å². The van der Waals surface area contributed by atoms with Crippen LogP contribution in [0.3, 0.4) is 0 Å².